The zero-order chi connectivity index (χ0) is 17.3. The van der Waals surface area contributed by atoms with Crippen LogP contribution in [-0.4, -0.2) is 28.3 Å². The van der Waals surface area contributed by atoms with Gasteiger partial charge in [0.2, 0.25) is 0 Å². The fourth-order valence-electron chi connectivity index (χ4n) is 2.43. The molecule has 24 heavy (non-hydrogen) atoms. The smallest absolute Gasteiger partial charge is 0.270 e. The molecule has 2 aromatic carbocycles. The van der Waals surface area contributed by atoms with Crippen molar-refractivity contribution in [2.75, 3.05) is 12.0 Å². The molecule has 1 aliphatic rings. The van der Waals surface area contributed by atoms with Gasteiger partial charge in [0.15, 0.2) is 0 Å². The first-order valence-electron chi connectivity index (χ1n) is 6.90. The van der Waals surface area contributed by atoms with E-state index in [0.717, 1.165) is 11.0 Å². The number of nitro benzene ring substituents is 1. The van der Waals surface area contributed by atoms with Crippen LogP contribution in [0.1, 0.15) is 26.3 Å². The number of rotatable bonds is 4. The Kier molecular flexibility index (Phi) is 3.67. The van der Waals surface area contributed by atoms with Gasteiger partial charge in [0, 0.05) is 12.1 Å². The quantitative estimate of drug-likeness (QED) is 0.523. The van der Waals surface area contributed by atoms with Gasteiger partial charge in [-0.25, -0.2) is 0 Å². The van der Waals surface area contributed by atoms with Crippen molar-refractivity contribution in [3.8, 4) is 6.07 Å². The van der Waals surface area contributed by atoms with E-state index in [4.69, 9.17) is 5.26 Å². The van der Waals surface area contributed by atoms with Gasteiger partial charge in [0.25, 0.3) is 17.5 Å². The predicted molar refractivity (Wildman–Crippen MR) is 83.2 cm³/mol. The molecule has 0 radical (unpaired) electrons. The number of fused-ring (bicyclic) bond motifs is 1. The molecule has 0 saturated carbocycles. The number of para-hydroxylation sites is 1. The second-order valence-corrected chi connectivity index (χ2v) is 5.02. The van der Waals surface area contributed by atoms with E-state index in [1.165, 1.54) is 12.1 Å². The molecule has 2 amide bonds. The summed E-state index contributed by atoms with van der Waals surface area (Å²) in [7, 11) is 0. The number of imide groups is 1. The summed E-state index contributed by atoms with van der Waals surface area (Å²) in [5.41, 5.74) is 0.748. The number of benzene rings is 2. The van der Waals surface area contributed by atoms with Crippen molar-refractivity contribution in [3.63, 3.8) is 0 Å². The number of anilines is 1. The fourth-order valence-corrected chi connectivity index (χ4v) is 2.43. The minimum atomic E-state index is -0.623. The summed E-state index contributed by atoms with van der Waals surface area (Å²) >= 11 is 0. The summed E-state index contributed by atoms with van der Waals surface area (Å²) in [6, 6.07) is 12.2. The Morgan fingerprint density at radius 3 is 2.54 bits per heavy atom. The lowest BCUT2D eigenvalue weighted by atomic mass is 10.1. The number of nitriles is 1. The van der Waals surface area contributed by atoms with Crippen molar-refractivity contribution >= 4 is 23.2 Å². The maximum absolute atomic E-state index is 12.3. The Balaban J connectivity index is 1.84. The van der Waals surface area contributed by atoms with Gasteiger partial charge >= 0.3 is 0 Å². The van der Waals surface area contributed by atoms with Gasteiger partial charge in [-0.1, -0.05) is 12.1 Å². The summed E-state index contributed by atoms with van der Waals surface area (Å²) in [6.07, 6.45) is 0. The highest BCUT2D eigenvalue weighted by Crippen LogP contribution is 2.27. The second kappa shape index (κ2) is 5.81. The molecule has 1 aliphatic heterocycles. The van der Waals surface area contributed by atoms with Gasteiger partial charge in [-0.05, 0) is 18.2 Å². The number of nitrogens with one attached hydrogen (secondary N) is 1. The van der Waals surface area contributed by atoms with Crippen molar-refractivity contribution in [2.24, 2.45) is 0 Å². The van der Waals surface area contributed by atoms with E-state index in [2.05, 4.69) is 5.32 Å². The van der Waals surface area contributed by atoms with Crippen LogP contribution in [-0.2, 0) is 0 Å². The van der Waals surface area contributed by atoms with Crippen LogP contribution >= 0.6 is 0 Å². The first kappa shape index (κ1) is 15.2. The number of amides is 2. The van der Waals surface area contributed by atoms with E-state index < -0.39 is 16.7 Å². The Labute approximate surface area is 136 Å². The van der Waals surface area contributed by atoms with E-state index in [1.807, 2.05) is 6.07 Å². The molecule has 1 N–H and O–H groups in total. The SMILES string of the molecule is N#Cc1ccccc1NCN1C(=O)c2ccc([N+](=O)[O-])cc2C1=O. The molecule has 2 aromatic rings. The van der Waals surface area contributed by atoms with Gasteiger partial charge in [-0.15, -0.1) is 0 Å². The molecule has 8 heteroatoms. The lowest BCUT2D eigenvalue weighted by Gasteiger charge is -2.16. The molecule has 1 heterocycles. The standard InChI is InChI=1S/C16H10N4O4/c17-8-10-3-1-2-4-14(10)18-9-19-15(21)12-6-5-11(20(23)24)7-13(12)16(19)22/h1-7,18H,9H2. The topological polar surface area (TPSA) is 116 Å². The molecule has 0 unspecified atom stereocenters. The van der Waals surface area contributed by atoms with Gasteiger partial charge < -0.3 is 5.32 Å². The minimum Gasteiger partial charge on any atom is -0.366 e. The molecule has 3 rings (SSSR count). The summed E-state index contributed by atoms with van der Waals surface area (Å²) in [5.74, 6) is -1.15. The first-order valence-corrected chi connectivity index (χ1v) is 6.90. The van der Waals surface area contributed by atoms with Crippen molar-refractivity contribution in [3.05, 3.63) is 69.3 Å². The number of nitro groups is 1. The van der Waals surface area contributed by atoms with Crippen LogP contribution in [0.5, 0.6) is 0 Å². The Morgan fingerprint density at radius 1 is 1.12 bits per heavy atom. The number of non-ortho nitro benzene ring substituents is 1. The van der Waals surface area contributed by atoms with Crippen molar-refractivity contribution < 1.29 is 14.5 Å². The van der Waals surface area contributed by atoms with Gasteiger partial charge in [0.1, 0.15) is 6.07 Å². The third kappa shape index (κ3) is 2.44. The average Bonchev–Trinajstić information content (AvgIpc) is 2.83. The lowest BCUT2D eigenvalue weighted by molar-refractivity contribution is -0.384. The predicted octanol–water partition coefficient (Wildman–Crippen LogP) is 2.13. The number of carbonyl (C=O) groups excluding carboxylic acids is 2. The van der Waals surface area contributed by atoms with Crippen LogP contribution in [0.3, 0.4) is 0 Å². The Morgan fingerprint density at radius 2 is 1.83 bits per heavy atom. The van der Waals surface area contributed by atoms with Crippen LogP contribution in [0.2, 0.25) is 0 Å². The highest BCUT2D eigenvalue weighted by Gasteiger charge is 2.36. The summed E-state index contributed by atoms with van der Waals surface area (Å²) in [4.78, 5) is 35.8. The Bertz CT molecular complexity index is 917. The van der Waals surface area contributed by atoms with Gasteiger partial charge in [0.05, 0.1) is 34.0 Å². The van der Waals surface area contributed by atoms with Crippen molar-refractivity contribution in [2.45, 2.75) is 0 Å². The number of nitrogens with zero attached hydrogens (tertiary/aromatic N) is 3. The third-order valence-corrected chi connectivity index (χ3v) is 3.64. The molecule has 0 fully saturated rings. The molecule has 118 valence electrons. The molecular formula is C16H10N4O4. The second-order valence-electron chi connectivity index (χ2n) is 5.02. The van der Waals surface area contributed by atoms with Crippen LogP contribution in [0.15, 0.2) is 42.5 Å². The monoisotopic (exact) mass is 322 g/mol. The fraction of sp³-hybridized carbons (Fsp3) is 0.0625. The molecular weight excluding hydrogens is 312 g/mol. The molecule has 8 nitrogen and oxygen atoms in total. The van der Waals surface area contributed by atoms with Gasteiger partial charge in [-0.3, -0.25) is 24.6 Å². The number of hydrogen-bond acceptors (Lipinski definition) is 6. The van der Waals surface area contributed by atoms with Crippen molar-refractivity contribution in [1.82, 2.24) is 4.90 Å². The van der Waals surface area contributed by atoms with Crippen LogP contribution in [0.25, 0.3) is 0 Å². The zero-order valence-electron chi connectivity index (χ0n) is 12.2. The van der Waals surface area contributed by atoms with E-state index in [0.29, 0.717) is 11.3 Å². The highest BCUT2D eigenvalue weighted by molar-refractivity contribution is 6.21. The minimum absolute atomic E-state index is 0.00423. The summed E-state index contributed by atoms with van der Waals surface area (Å²) in [5, 5.41) is 22.7. The van der Waals surface area contributed by atoms with E-state index in [9.17, 15) is 19.7 Å². The number of hydrogen-bond donors (Lipinski definition) is 1. The first-order chi connectivity index (χ1) is 11.5. The maximum atomic E-state index is 12.3. The van der Waals surface area contributed by atoms with Gasteiger partial charge in [-0.2, -0.15) is 5.26 Å². The van der Waals surface area contributed by atoms with Crippen LogP contribution in [0.4, 0.5) is 11.4 Å². The van der Waals surface area contributed by atoms with E-state index >= 15 is 0 Å². The maximum Gasteiger partial charge on any atom is 0.270 e. The van der Waals surface area contributed by atoms with E-state index in [1.54, 1.807) is 24.3 Å². The molecule has 0 aromatic heterocycles. The average molecular weight is 322 g/mol. The third-order valence-electron chi connectivity index (χ3n) is 3.64. The van der Waals surface area contributed by atoms with Crippen LogP contribution in [0, 0.1) is 21.4 Å². The van der Waals surface area contributed by atoms with E-state index in [-0.39, 0.29) is 23.5 Å². The molecule has 0 saturated heterocycles. The molecule has 0 spiro atoms. The largest absolute Gasteiger partial charge is 0.366 e. The Hall–Kier alpha value is -3.73. The number of carbonyl (C=O) groups is 2. The zero-order valence-corrected chi connectivity index (χ0v) is 12.2. The highest BCUT2D eigenvalue weighted by atomic mass is 16.6. The lowest BCUT2D eigenvalue weighted by Crippen LogP contribution is -2.34. The normalized spacial score (nSPS) is 12.7. The van der Waals surface area contributed by atoms with Crippen molar-refractivity contribution in [1.29, 1.82) is 5.26 Å². The molecule has 0 bridgehead atoms. The summed E-state index contributed by atoms with van der Waals surface area (Å²) < 4.78 is 0. The molecule has 0 aliphatic carbocycles. The molecule has 0 atom stereocenters. The van der Waals surface area contributed by atoms with Crippen LogP contribution < -0.4 is 5.32 Å². The summed E-state index contributed by atoms with van der Waals surface area (Å²) in [6.45, 7) is -0.140.